The smallest absolute Gasteiger partial charge is 0.325 e. The van der Waals surface area contributed by atoms with Gasteiger partial charge in [-0.15, -0.1) is 0 Å². The van der Waals surface area contributed by atoms with E-state index < -0.39 is 12.0 Å². The lowest BCUT2D eigenvalue weighted by molar-refractivity contribution is -0.138. The summed E-state index contributed by atoms with van der Waals surface area (Å²) >= 11 is 0. The van der Waals surface area contributed by atoms with Gasteiger partial charge in [0, 0.05) is 0 Å². The molecule has 1 aromatic carbocycles. The predicted molar refractivity (Wildman–Crippen MR) is 59.5 cm³/mol. The molecule has 0 amide bonds. The number of carbonyl (C=O) groups is 1. The van der Waals surface area contributed by atoms with E-state index in [0.717, 1.165) is 6.42 Å². The van der Waals surface area contributed by atoms with Crippen LogP contribution in [-0.4, -0.2) is 11.1 Å². The van der Waals surface area contributed by atoms with E-state index >= 15 is 0 Å². The number of nitrogens with two attached hydrogens (primary N) is 1. The van der Waals surface area contributed by atoms with Crippen molar-refractivity contribution in [2.75, 3.05) is 0 Å². The van der Waals surface area contributed by atoms with E-state index in [1.165, 1.54) is 5.56 Å². The van der Waals surface area contributed by atoms with Crippen LogP contribution in [0.4, 0.5) is 0 Å². The molecule has 0 aliphatic carbocycles. The Labute approximate surface area is 89.9 Å². The monoisotopic (exact) mass is 207 g/mol. The third-order valence-electron chi connectivity index (χ3n) is 2.25. The predicted octanol–water partition coefficient (Wildman–Crippen LogP) is 1.97. The third-order valence-corrected chi connectivity index (χ3v) is 2.25. The molecule has 3 N–H and O–H groups in total. The Bertz CT molecular complexity index is 330. The number of aliphatic carboxylic acids is 1. The molecule has 1 rings (SSSR count). The first-order chi connectivity index (χ1) is 7.00. The second kappa shape index (κ2) is 4.94. The first kappa shape index (κ1) is 11.7. The number of rotatable bonds is 4. The maximum absolute atomic E-state index is 10.6. The Kier molecular flexibility index (Phi) is 3.86. The lowest BCUT2D eigenvalue weighted by Gasteiger charge is -2.09. The number of benzene rings is 1. The highest BCUT2D eigenvalue weighted by atomic mass is 16.4. The Hall–Kier alpha value is -1.35. The number of hydrogen-bond acceptors (Lipinski definition) is 2. The number of carboxylic acid groups (broad SMARTS) is 1. The van der Waals surface area contributed by atoms with Crippen LogP contribution in [0.25, 0.3) is 0 Å². The molecule has 0 saturated heterocycles. The topological polar surface area (TPSA) is 63.3 Å². The lowest BCUT2D eigenvalue weighted by Crippen LogP contribution is -2.20. The van der Waals surface area contributed by atoms with Crippen molar-refractivity contribution in [3.63, 3.8) is 0 Å². The molecule has 0 bridgehead atoms. The van der Waals surface area contributed by atoms with Gasteiger partial charge < -0.3 is 10.8 Å². The quantitative estimate of drug-likeness (QED) is 0.793. The highest BCUT2D eigenvalue weighted by molar-refractivity contribution is 5.75. The molecule has 0 aliphatic heterocycles. The van der Waals surface area contributed by atoms with Crippen LogP contribution in [0, 0.1) is 5.92 Å². The van der Waals surface area contributed by atoms with Gasteiger partial charge in [-0.25, -0.2) is 0 Å². The minimum atomic E-state index is -0.994. The summed E-state index contributed by atoms with van der Waals surface area (Å²) in [6.07, 6.45) is 1.00. The van der Waals surface area contributed by atoms with Crippen LogP contribution in [0.15, 0.2) is 24.3 Å². The Morgan fingerprint density at radius 3 is 2.27 bits per heavy atom. The van der Waals surface area contributed by atoms with Crippen LogP contribution < -0.4 is 5.73 Å². The molecule has 0 heterocycles. The van der Waals surface area contributed by atoms with Gasteiger partial charge in [0.05, 0.1) is 0 Å². The molecule has 0 spiro atoms. The van der Waals surface area contributed by atoms with Gasteiger partial charge in [-0.05, 0) is 23.5 Å². The summed E-state index contributed by atoms with van der Waals surface area (Å²) in [6, 6.07) is 6.54. The number of carboxylic acids is 1. The molecule has 1 atom stereocenters. The van der Waals surface area contributed by atoms with E-state index in [1.807, 2.05) is 12.1 Å². The summed E-state index contributed by atoms with van der Waals surface area (Å²) < 4.78 is 0. The van der Waals surface area contributed by atoms with Crippen molar-refractivity contribution in [2.45, 2.75) is 26.3 Å². The van der Waals surface area contributed by atoms with Crippen LogP contribution in [-0.2, 0) is 11.2 Å². The summed E-state index contributed by atoms with van der Waals surface area (Å²) in [7, 11) is 0. The highest BCUT2D eigenvalue weighted by Crippen LogP contribution is 2.14. The Morgan fingerprint density at radius 1 is 1.33 bits per heavy atom. The molecule has 82 valence electrons. The van der Waals surface area contributed by atoms with Crippen LogP contribution in [0.2, 0.25) is 0 Å². The second-order valence-corrected chi connectivity index (χ2v) is 4.16. The van der Waals surface area contributed by atoms with Crippen molar-refractivity contribution in [1.29, 1.82) is 0 Å². The van der Waals surface area contributed by atoms with Gasteiger partial charge in [-0.2, -0.15) is 0 Å². The molecule has 0 aromatic heterocycles. The maximum atomic E-state index is 10.6. The van der Waals surface area contributed by atoms with E-state index in [2.05, 4.69) is 13.8 Å². The summed E-state index contributed by atoms with van der Waals surface area (Å²) in [5.41, 5.74) is 7.35. The molecule has 0 saturated carbocycles. The van der Waals surface area contributed by atoms with Gasteiger partial charge in [-0.1, -0.05) is 38.1 Å². The van der Waals surface area contributed by atoms with E-state index in [4.69, 9.17) is 10.8 Å². The minimum absolute atomic E-state index is 0.601. The molecular formula is C12H17NO2. The van der Waals surface area contributed by atoms with E-state index in [9.17, 15) is 4.79 Å². The Balaban J connectivity index is 2.76. The first-order valence-electron chi connectivity index (χ1n) is 5.08. The molecule has 3 heteroatoms. The SMILES string of the molecule is CC(C)Cc1ccc([C@H](N)C(=O)O)cc1. The fraction of sp³-hybridized carbons (Fsp3) is 0.417. The van der Waals surface area contributed by atoms with Crippen molar-refractivity contribution in [1.82, 2.24) is 0 Å². The molecule has 15 heavy (non-hydrogen) atoms. The van der Waals surface area contributed by atoms with E-state index in [1.54, 1.807) is 12.1 Å². The average Bonchev–Trinajstić information content (AvgIpc) is 2.17. The van der Waals surface area contributed by atoms with Crippen molar-refractivity contribution in [3.05, 3.63) is 35.4 Å². The zero-order chi connectivity index (χ0) is 11.4. The second-order valence-electron chi connectivity index (χ2n) is 4.16. The lowest BCUT2D eigenvalue weighted by atomic mass is 10.00. The van der Waals surface area contributed by atoms with E-state index in [0.29, 0.717) is 11.5 Å². The van der Waals surface area contributed by atoms with Gasteiger partial charge >= 0.3 is 5.97 Å². The Morgan fingerprint density at radius 2 is 1.87 bits per heavy atom. The van der Waals surface area contributed by atoms with E-state index in [-0.39, 0.29) is 0 Å². The summed E-state index contributed by atoms with van der Waals surface area (Å²) in [5.74, 6) is -0.393. The maximum Gasteiger partial charge on any atom is 0.325 e. The molecule has 0 aliphatic rings. The van der Waals surface area contributed by atoms with Crippen molar-refractivity contribution in [3.8, 4) is 0 Å². The van der Waals surface area contributed by atoms with Gasteiger partial charge in [-0.3, -0.25) is 4.79 Å². The molecule has 0 unspecified atom stereocenters. The normalized spacial score (nSPS) is 12.8. The highest BCUT2D eigenvalue weighted by Gasteiger charge is 2.13. The molecule has 3 nitrogen and oxygen atoms in total. The van der Waals surface area contributed by atoms with Crippen LogP contribution in [0.1, 0.15) is 31.0 Å². The van der Waals surface area contributed by atoms with Crippen LogP contribution >= 0.6 is 0 Å². The third kappa shape index (κ3) is 3.36. The van der Waals surface area contributed by atoms with Crippen molar-refractivity contribution >= 4 is 5.97 Å². The summed E-state index contributed by atoms with van der Waals surface area (Å²) in [5, 5.41) is 8.73. The van der Waals surface area contributed by atoms with Gasteiger partial charge in [0.25, 0.3) is 0 Å². The fourth-order valence-electron chi connectivity index (χ4n) is 1.48. The van der Waals surface area contributed by atoms with Crippen LogP contribution in [0.5, 0.6) is 0 Å². The zero-order valence-electron chi connectivity index (χ0n) is 9.10. The largest absolute Gasteiger partial charge is 0.480 e. The fourth-order valence-corrected chi connectivity index (χ4v) is 1.48. The zero-order valence-corrected chi connectivity index (χ0v) is 9.10. The standard InChI is InChI=1S/C12H17NO2/c1-8(2)7-9-3-5-10(6-4-9)11(13)12(14)15/h3-6,8,11H,7,13H2,1-2H3,(H,14,15)/t11-/m0/s1. The number of hydrogen-bond donors (Lipinski definition) is 2. The molecule has 1 aromatic rings. The molecule has 0 fully saturated rings. The van der Waals surface area contributed by atoms with Crippen molar-refractivity contribution < 1.29 is 9.90 Å². The van der Waals surface area contributed by atoms with Crippen molar-refractivity contribution in [2.24, 2.45) is 11.7 Å². The molecule has 0 radical (unpaired) electrons. The van der Waals surface area contributed by atoms with Gasteiger partial charge in [0.1, 0.15) is 6.04 Å². The summed E-state index contributed by atoms with van der Waals surface area (Å²) in [4.78, 5) is 10.6. The van der Waals surface area contributed by atoms with Gasteiger partial charge in [0.15, 0.2) is 0 Å². The summed E-state index contributed by atoms with van der Waals surface area (Å²) in [6.45, 7) is 4.30. The van der Waals surface area contributed by atoms with Crippen LogP contribution in [0.3, 0.4) is 0 Å². The van der Waals surface area contributed by atoms with Gasteiger partial charge in [0.2, 0.25) is 0 Å². The first-order valence-corrected chi connectivity index (χ1v) is 5.08. The average molecular weight is 207 g/mol. The molecular weight excluding hydrogens is 190 g/mol. The minimum Gasteiger partial charge on any atom is -0.480 e.